The molecular formula is C14H13NO4S. The maximum Gasteiger partial charge on any atom is 0.338 e. The molecule has 0 saturated carbocycles. The Balaban J connectivity index is 2.49. The third-order valence-electron chi connectivity index (χ3n) is 2.73. The monoisotopic (exact) mass is 291 g/mol. The molecule has 0 spiro atoms. The summed E-state index contributed by atoms with van der Waals surface area (Å²) in [4.78, 5) is 24.0. The van der Waals surface area contributed by atoms with E-state index in [0.29, 0.717) is 22.4 Å². The second kappa shape index (κ2) is 5.75. The number of ether oxygens (including phenoxy) is 2. The van der Waals surface area contributed by atoms with Crippen molar-refractivity contribution < 1.29 is 19.1 Å². The second-order valence-electron chi connectivity index (χ2n) is 3.99. The third-order valence-corrected chi connectivity index (χ3v) is 3.70. The lowest BCUT2D eigenvalue weighted by Crippen LogP contribution is -2.04. The number of hydrogen-bond acceptors (Lipinski definition) is 6. The number of nitrogens with two attached hydrogens (primary N) is 1. The molecule has 104 valence electrons. The van der Waals surface area contributed by atoms with Gasteiger partial charge in [0.1, 0.15) is 0 Å². The first-order valence-corrected chi connectivity index (χ1v) is 6.60. The third kappa shape index (κ3) is 2.65. The number of carbonyl (C=O) groups is 2. The molecule has 0 atom stereocenters. The largest absolute Gasteiger partial charge is 0.465 e. The maximum absolute atomic E-state index is 11.8. The Morgan fingerprint density at radius 2 is 1.80 bits per heavy atom. The standard InChI is InChI=1S/C14H13NO4S/c1-18-13(16)8-5-12(20-7-8)10-4-3-9(15)6-11(10)14(17)19-2/h3-7H,15H2,1-2H3. The molecule has 0 aliphatic carbocycles. The van der Waals surface area contributed by atoms with Crippen LogP contribution in [0.25, 0.3) is 10.4 Å². The van der Waals surface area contributed by atoms with Crippen LogP contribution in [0.4, 0.5) is 5.69 Å². The number of rotatable bonds is 3. The Kier molecular flexibility index (Phi) is 4.05. The van der Waals surface area contributed by atoms with Gasteiger partial charge in [0.15, 0.2) is 0 Å². The van der Waals surface area contributed by atoms with Gasteiger partial charge < -0.3 is 15.2 Å². The predicted octanol–water partition coefficient (Wildman–Crippen LogP) is 2.57. The average molecular weight is 291 g/mol. The minimum absolute atomic E-state index is 0.366. The Labute approximate surface area is 119 Å². The molecular weight excluding hydrogens is 278 g/mol. The minimum Gasteiger partial charge on any atom is -0.465 e. The van der Waals surface area contributed by atoms with Gasteiger partial charge in [0.25, 0.3) is 0 Å². The van der Waals surface area contributed by atoms with Gasteiger partial charge >= 0.3 is 11.9 Å². The Morgan fingerprint density at radius 3 is 2.45 bits per heavy atom. The predicted molar refractivity (Wildman–Crippen MR) is 76.8 cm³/mol. The fourth-order valence-corrected chi connectivity index (χ4v) is 2.68. The molecule has 0 saturated heterocycles. The van der Waals surface area contributed by atoms with Crippen LogP contribution in [0, 0.1) is 0 Å². The van der Waals surface area contributed by atoms with Crippen LogP contribution in [0.3, 0.4) is 0 Å². The number of carbonyl (C=O) groups excluding carboxylic acids is 2. The molecule has 0 bridgehead atoms. The van der Waals surface area contributed by atoms with Crippen molar-refractivity contribution in [2.45, 2.75) is 0 Å². The van der Waals surface area contributed by atoms with Gasteiger partial charge in [-0.05, 0) is 18.2 Å². The number of anilines is 1. The van der Waals surface area contributed by atoms with E-state index in [9.17, 15) is 9.59 Å². The summed E-state index contributed by atoms with van der Waals surface area (Å²) >= 11 is 1.34. The lowest BCUT2D eigenvalue weighted by molar-refractivity contribution is 0.0593. The second-order valence-corrected chi connectivity index (χ2v) is 4.90. The van der Waals surface area contributed by atoms with E-state index < -0.39 is 11.9 Å². The van der Waals surface area contributed by atoms with Crippen molar-refractivity contribution in [1.82, 2.24) is 0 Å². The van der Waals surface area contributed by atoms with Crippen LogP contribution in [-0.2, 0) is 9.47 Å². The van der Waals surface area contributed by atoms with Crippen molar-refractivity contribution in [3.8, 4) is 10.4 Å². The van der Waals surface area contributed by atoms with Crippen LogP contribution in [0.1, 0.15) is 20.7 Å². The van der Waals surface area contributed by atoms with Crippen LogP contribution >= 0.6 is 11.3 Å². The Bertz CT molecular complexity index is 663. The molecule has 0 radical (unpaired) electrons. The summed E-state index contributed by atoms with van der Waals surface area (Å²) in [7, 11) is 2.63. The fourth-order valence-electron chi connectivity index (χ4n) is 1.76. The first-order chi connectivity index (χ1) is 9.56. The summed E-state index contributed by atoms with van der Waals surface area (Å²) in [6, 6.07) is 6.65. The van der Waals surface area contributed by atoms with Gasteiger partial charge in [-0.3, -0.25) is 0 Å². The minimum atomic E-state index is -0.472. The van der Waals surface area contributed by atoms with Crippen molar-refractivity contribution in [3.05, 3.63) is 40.8 Å². The Hall–Kier alpha value is -2.34. The SMILES string of the molecule is COC(=O)c1csc(-c2ccc(N)cc2C(=O)OC)c1. The number of methoxy groups -OCH3 is 2. The number of nitrogen functional groups attached to an aromatic ring is 1. The highest BCUT2D eigenvalue weighted by molar-refractivity contribution is 7.13. The molecule has 2 N–H and O–H groups in total. The van der Waals surface area contributed by atoms with E-state index >= 15 is 0 Å². The van der Waals surface area contributed by atoms with Crippen molar-refractivity contribution in [3.63, 3.8) is 0 Å². The van der Waals surface area contributed by atoms with E-state index in [1.54, 1.807) is 29.6 Å². The molecule has 0 aliphatic heterocycles. The van der Waals surface area contributed by atoms with E-state index in [1.807, 2.05) is 0 Å². The normalized spacial score (nSPS) is 10.1. The molecule has 20 heavy (non-hydrogen) atoms. The zero-order valence-electron chi connectivity index (χ0n) is 11.0. The van der Waals surface area contributed by atoms with Crippen LogP contribution < -0.4 is 5.73 Å². The molecule has 6 heteroatoms. The van der Waals surface area contributed by atoms with Gasteiger partial charge in [0.2, 0.25) is 0 Å². The van der Waals surface area contributed by atoms with Crippen molar-refractivity contribution in [1.29, 1.82) is 0 Å². The molecule has 5 nitrogen and oxygen atoms in total. The molecule has 0 fully saturated rings. The van der Waals surface area contributed by atoms with Crippen molar-refractivity contribution in [2.24, 2.45) is 0 Å². The van der Waals surface area contributed by atoms with E-state index in [1.165, 1.54) is 25.6 Å². The fraction of sp³-hybridized carbons (Fsp3) is 0.143. The van der Waals surface area contributed by atoms with Crippen LogP contribution in [-0.4, -0.2) is 26.2 Å². The topological polar surface area (TPSA) is 78.6 Å². The quantitative estimate of drug-likeness (QED) is 0.694. The molecule has 2 aromatic rings. The smallest absolute Gasteiger partial charge is 0.338 e. The van der Waals surface area contributed by atoms with E-state index in [4.69, 9.17) is 10.5 Å². The van der Waals surface area contributed by atoms with Crippen molar-refractivity contribution in [2.75, 3.05) is 20.0 Å². The Morgan fingerprint density at radius 1 is 1.10 bits per heavy atom. The number of benzene rings is 1. The van der Waals surface area contributed by atoms with Gasteiger partial charge in [-0.15, -0.1) is 11.3 Å². The summed E-state index contributed by atoms with van der Waals surface area (Å²) < 4.78 is 9.41. The average Bonchev–Trinajstić information content (AvgIpc) is 2.95. The van der Waals surface area contributed by atoms with Crippen LogP contribution in [0.5, 0.6) is 0 Å². The van der Waals surface area contributed by atoms with Gasteiger partial charge in [0.05, 0.1) is 25.3 Å². The van der Waals surface area contributed by atoms with E-state index in [-0.39, 0.29) is 0 Å². The highest BCUT2D eigenvalue weighted by Crippen LogP contribution is 2.32. The van der Waals surface area contributed by atoms with Crippen LogP contribution in [0.15, 0.2) is 29.6 Å². The van der Waals surface area contributed by atoms with E-state index in [0.717, 1.165) is 4.88 Å². The highest BCUT2D eigenvalue weighted by Gasteiger charge is 2.17. The zero-order chi connectivity index (χ0) is 14.7. The molecule has 1 aromatic heterocycles. The summed E-state index contributed by atoms with van der Waals surface area (Å²) in [5.74, 6) is -0.886. The van der Waals surface area contributed by atoms with Gasteiger partial charge in [-0.1, -0.05) is 6.07 Å². The number of thiophene rings is 1. The van der Waals surface area contributed by atoms with Crippen molar-refractivity contribution >= 4 is 29.0 Å². The maximum atomic E-state index is 11.8. The van der Waals surface area contributed by atoms with Gasteiger partial charge in [-0.2, -0.15) is 0 Å². The number of esters is 2. The summed E-state index contributed by atoms with van der Waals surface area (Å²) in [5.41, 5.74) is 7.65. The first kappa shape index (κ1) is 14.1. The molecule has 1 heterocycles. The molecule has 1 aromatic carbocycles. The molecule has 2 rings (SSSR count). The zero-order valence-corrected chi connectivity index (χ0v) is 11.8. The van der Waals surface area contributed by atoms with Gasteiger partial charge in [-0.25, -0.2) is 9.59 Å². The summed E-state index contributed by atoms with van der Waals surface area (Å²) in [5, 5.41) is 1.68. The summed E-state index contributed by atoms with van der Waals surface area (Å²) in [6.07, 6.45) is 0. The molecule has 0 amide bonds. The van der Waals surface area contributed by atoms with E-state index in [2.05, 4.69) is 4.74 Å². The van der Waals surface area contributed by atoms with Crippen LogP contribution in [0.2, 0.25) is 0 Å². The summed E-state index contributed by atoms with van der Waals surface area (Å²) in [6.45, 7) is 0. The highest BCUT2D eigenvalue weighted by atomic mass is 32.1. The first-order valence-electron chi connectivity index (χ1n) is 5.72. The number of hydrogen-bond donors (Lipinski definition) is 1. The molecule has 0 unspecified atom stereocenters. The van der Waals surface area contributed by atoms with Gasteiger partial charge in [0, 0.05) is 21.5 Å². The molecule has 0 aliphatic rings. The lowest BCUT2D eigenvalue weighted by atomic mass is 10.0. The lowest BCUT2D eigenvalue weighted by Gasteiger charge is -2.07.